The molecule has 88 valence electrons. The van der Waals surface area contributed by atoms with Crippen LogP contribution in [0, 0.1) is 0 Å². The lowest BCUT2D eigenvalue weighted by atomic mass is 10.1. The Morgan fingerprint density at radius 2 is 2.12 bits per heavy atom. The highest BCUT2D eigenvalue weighted by Gasteiger charge is 2.23. The lowest BCUT2D eigenvalue weighted by Crippen LogP contribution is -2.10. The van der Waals surface area contributed by atoms with Crippen LogP contribution in [0.1, 0.15) is 43.1 Å². The molecule has 1 fully saturated rings. The van der Waals surface area contributed by atoms with Gasteiger partial charge >= 0.3 is 0 Å². The number of pyridine rings is 1. The lowest BCUT2D eigenvalue weighted by molar-refractivity contribution is 0.665. The van der Waals surface area contributed by atoms with Crippen molar-refractivity contribution in [2.75, 3.05) is 0 Å². The van der Waals surface area contributed by atoms with E-state index >= 15 is 0 Å². The Hall–Kier alpha value is -1.42. The molecule has 1 aliphatic carbocycles. The van der Waals surface area contributed by atoms with Crippen molar-refractivity contribution in [3.05, 3.63) is 35.9 Å². The topological polar surface area (TPSA) is 43.3 Å². The van der Waals surface area contributed by atoms with Crippen molar-refractivity contribution < 1.29 is 0 Å². The number of hydrogen-bond acceptors (Lipinski definition) is 2. The molecule has 0 amide bonds. The van der Waals surface area contributed by atoms with Crippen LogP contribution < -0.4 is 5.73 Å². The van der Waals surface area contributed by atoms with Crippen LogP contribution in [-0.4, -0.2) is 14.4 Å². The van der Waals surface area contributed by atoms with Gasteiger partial charge in [-0.3, -0.25) is 0 Å². The van der Waals surface area contributed by atoms with Crippen molar-refractivity contribution in [1.82, 2.24) is 9.38 Å². The minimum Gasteiger partial charge on any atom is -0.388 e. The van der Waals surface area contributed by atoms with Crippen molar-refractivity contribution in [2.24, 2.45) is 5.73 Å². The van der Waals surface area contributed by atoms with Gasteiger partial charge in [0.1, 0.15) is 16.5 Å². The van der Waals surface area contributed by atoms with E-state index in [0.717, 1.165) is 17.0 Å². The van der Waals surface area contributed by atoms with E-state index in [1.165, 1.54) is 25.7 Å². The molecule has 1 saturated carbocycles. The fraction of sp³-hybridized carbons (Fsp3) is 0.385. The minimum absolute atomic E-state index is 0.387. The van der Waals surface area contributed by atoms with Crippen LogP contribution in [0.15, 0.2) is 24.4 Å². The largest absolute Gasteiger partial charge is 0.388 e. The van der Waals surface area contributed by atoms with E-state index in [4.69, 9.17) is 18.0 Å². The number of rotatable bonds is 2. The lowest BCUT2D eigenvalue weighted by Gasteiger charge is -2.06. The van der Waals surface area contributed by atoms with E-state index in [1.807, 2.05) is 18.2 Å². The summed E-state index contributed by atoms with van der Waals surface area (Å²) < 4.78 is 2.14. The summed E-state index contributed by atoms with van der Waals surface area (Å²) in [6.45, 7) is 0. The van der Waals surface area contributed by atoms with Crippen LogP contribution in [0.3, 0.4) is 0 Å². The average molecular weight is 245 g/mol. The summed E-state index contributed by atoms with van der Waals surface area (Å²) in [5, 5.41) is 0. The van der Waals surface area contributed by atoms with Gasteiger partial charge in [0.05, 0.1) is 5.52 Å². The number of imidazole rings is 1. The number of thiocarbonyl (C=S) groups is 1. The normalized spacial score (nSPS) is 16.7. The summed E-state index contributed by atoms with van der Waals surface area (Å²) in [5.74, 6) is 1.69. The van der Waals surface area contributed by atoms with E-state index in [0.29, 0.717) is 10.9 Å². The third kappa shape index (κ3) is 1.72. The van der Waals surface area contributed by atoms with Crippen LogP contribution in [0.25, 0.3) is 5.52 Å². The maximum atomic E-state index is 5.75. The second kappa shape index (κ2) is 4.11. The number of nitrogens with zero attached hydrogens (tertiary/aromatic N) is 2. The van der Waals surface area contributed by atoms with Crippen molar-refractivity contribution in [1.29, 1.82) is 0 Å². The van der Waals surface area contributed by atoms with E-state index < -0.39 is 0 Å². The molecule has 0 spiro atoms. The van der Waals surface area contributed by atoms with Gasteiger partial charge in [-0.2, -0.15) is 0 Å². The number of fused-ring (bicyclic) bond motifs is 1. The van der Waals surface area contributed by atoms with Crippen molar-refractivity contribution >= 4 is 22.7 Å². The van der Waals surface area contributed by atoms with Gasteiger partial charge in [-0.05, 0) is 25.0 Å². The molecular formula is C13H15N3S. The Morgan fingerprint density at radius 1 is 1.35 bits per heavy atom. The summed E-state index contributed by atoms with van der Waals surface area (Å²) in [7, 11) is 0. The van der Waals surface area contributed by atoms with Crippen LogP contribution in [0.2, 0.25) is 0 Å². The SMILES string of the molecule is NC(=S)c1nc(C2CCCC2)n2ccccc12. The second-order valence-electron chi connectivity index (χ2n) is 4.62. The van der Waals surface area contributed by atoms with Gasteiger partial charge < -0.3 is 10.1 Å². The number of hydrogen-bond donors (Lipinski definition) is 1. The smallest absolute Gasteiger partial charge is 0.124 e. The Balaban J connectivity index is 2.20. The molecule has 0 unspecified atom stereocenters. The summed E-state index contributed by atoms with van der Waals surface area (Å²) in [6, 6.07) is 6.05. The number of nitrogens with two attached hydrogens (primary N) is 1. The van der Waals surface area contributed by atoms with E-state index in [-0.39, 0.29) is 0 Å². The van der Waals surface area contributed by atoms with Gasteiger partial charge in [0.2, 0.25) is 0 Å². The van der Waals surface area contributed by atoms with Gasteiger partial charge in [-0.25, -0.2) is 4.98 Å². The minimum atomic E-state index is 0.387. The Bertz CT molecular complexity index is 567. The zero-order valence-electron chi connectivity index (χ0n) is 9.60. The van der Waals surface area contributed by atoms with Crippen LogP contribution in [0.4, 0.5) is 0 Å². The first-order valence-electron chi connectivity index (χ1n) is 6.04. The molecule has 0 aromatic carbocycles. The van der Waals surface area contributed by atoms with Crippen molar-refractivity contribution in [3.8, 4) is 0 Å². The fourth-order valence-electron chi connectivity index (χ4n) is 2.71. The molecule has 4 heteroatoms. The molecule has 1 aliphatic rings. The predicted molar refractivity (Wildman–Crippen MR) is 72.3 cm³/mol. The predicted octanol–water partition coefficient (Wildman–Crippen LogP) is 2.63. The first-order valence-corrected chi connectivity index (χ1v) is 6.45. The quantitative estimate of drug-likeness (QED) is 0.827. The molecule has 0 radical (unpaired) electrons. The standard InChI is InChI=1S/C13H15N3S/c14-12(17)11-10-7-3-4-8-16(10)13(15-11)9-5-1-2-6-9/h3-4,7-9H,1-2,5-6H2,(H2,14,17). The molecule has 2 aromatic rings. The van der Waals surface area contributed by atoms with Gasteiger partial charge in [0.15, 0.2) is 0 Å². The summed E-state index contributed by atoms with van der Waals surface area (Å²) in [6.07, 6.45) is 7.11. The van der Waals surface area contributed by atoms with Crippen LogP contribution in [-0.2, 0) is 0 Å². The maximum absolute atomic E-state index is 5.75. The molecular weight excluding hydrogens is 230 g/mol. The second-order valence-corrected chi connectivity index (χ2v) is 5.06. The highest BCUT2D eigenvalue weighted by Crippen LogP contribution is 2.34. The molecule has 3 rings (SSSR count). The molecule has 0 aliphatic heterocycles. The highest BCUT2D eigenvalue weighted by molar-refractivity contribution is 7.80. The third-order valence-corrected chi connectivity index (χ3v) is 3.72. The third-order valence-electron chi connectivity index (χ3n) is 3.53. The number of aromatic nitrogens is 2. The Labute approximate surface area is 106 Å². The first kappa shape index (κ1) is 10.7. The van der Waals surface area contributed by atoms with E-state index in [1.54, 1.807) is 0 Å². The molecule has 0 saturated heterocycles. The van der Waals surface area contributed by atoms with Crippen molar-refractivity contribution in [2.45, 2.75) is 31.6 Å². The van der Waals surface area contributed by atoms with Gasteiger partial charge in [0, 0.05) is 12.1 Å². The van der Waals surface area contributed by atoms with Crippen molar-refractivity contribution in [3.63, 3.8) is 0 Å². The van der Waals surface area contributed by atoms with Crippen LogP contribution in [0.5, 0.6) is 0 Å². The monoisotopic (exact) mass is 245 g/mol. The molecule has 0 bridgehead atoms. The molecule has 2 N–H and O–H groups in total. The zero-order valence-corrected chi connectivity index (χ0v) is 10.4. The molecule has 17 heavy (non-hydrogen) atoms. The fourth-order valence-corrected chi connectivity index (χ4v) is 2.87. The van der Waals surface area contributed by atoms with Crippen LogP contribution >= 0.6 is 12.2 Å². The summed E-state index contributed by atoms with van der Waals surface area (Å²) in [5.41, 5.74) is 7.54. The van der Waals surface area contributed by atoms with E-state index in [9.17, 15) is 0 Å². The van der Waals surface area contributed by atoms with Gasteiger partial charge in [-0.15, -0.1) is 0 Å². The highest BCUT2D eigenvalue weighted by atomic mass is 32.1. The van der Waals surface area contributed by atoms with Gasteiger partial charge in [-0.1, -0.05) is 31.1 Å². The average Bonchev–Trinajstić information content (AvgIpc) is 2.95. The molecule has 0 atom stereocenters. The van der Waals surface area contributed by atoms with Gasteiger partial charge in [0.25, 0.3) is 0 Å². The maximum Gasteiger partial charge on any atom is 0.124 e. The summed E-state index contributed by atoms with van der Waals surface area (Å²) >= 11 is 5.08. The zero-order chi connectivity index (χ0) is 11.8. The molecule has 3 nitrogen and oxygen atoms in total. The molecule has 2 heterocycles. The van der Waals surface area contributed by atoms with E-state index in [2.05, 4.69) is 15.6 Å². The first-order chi connectivity index (χ1) is 8.27. The summed E-state index contributed by atoms with van der Waals surface area (Å²) in [4.78, 5) is 5.05. The Morgan fingerprint density at radius 3 is 2.82 bits per heavy atom. The Kier molecular flexibility index (Phi) is 2.59. The molecule has 2 aromatic heterocycles.